The Hall–Kier alpha value is -1.90. The zero-order valence-electron chi connectivity index (χ0n) is 8.01. The highest BCUT2D eigenvalue weighted by Crippen LogP contribution is 2.14. The van der Waals surface area contributed by atoms with Gasteiger partial charge in [0.05, 0.1) is 0 Å². The lowest BCUT2D eigenvalue weighted by molar-refractivity contribution is 0.960. The molecule has 0 spiro atoms. The normalized spacial score (nSPS) is 11.9. The van der Waals surface area contributed by atoms with E-state index in [0.29, 0.717) is 0 Å². The van der Waals surface area contributed by atoms with Crippen LogP contribution in [0.2, 0.25) is 0 Å². The second kappa shape index (κ2) is 3.46. The van der Waals surface area contributed by atoms with E-state index in [1.807, 2.05) is 31.3 Å². The summed E-state index contributed by atoms with van der Waals surface area (Å²) < 4.78 is 1.74. The van der Waals surface area contributed by atoms with Crippen LogP contribution in [0, 0.1) is 0 Å². The van der Waals surface area contributed by atoms with Gasteiger partial charge in [-0.05, 0) is 30.2 Å². The van der Waals surface area contributed by atoms with Crippen LogP contribution in [0.5, 0.6) is 0 Å². The first-order valence-corrected chi connectivity index (χ1v) is 4.40. The monoisotopic (exact) mass is 185 g/mol. The molecule has 0 saturated carbocycles. The Balaban J connectivity index is 2.53. The Morgan fingerprint density at radius 3 is 3.21 bits per heavy atom. The molecule has 2 aromatic rings. The van der Waals surface area contributed by atoms with Gasteiger partial charge in [-0.25, -0.2) is 9.50 Å². The fourth-order valence-electron chi connectivity index (χ4n) is 1.33. The second-order valence-corrected chi connectivity index (χ2v) is 3.06. The fourth-order valence-corrected chi connectivity index (χ4v) is 1.33. The molecule has 3 nitrogen and oxygen atoms in total. The predicted octanol–water partition coefficient (Wildman–Crippen LogP) is 2.32. The third-order valence-corrected chi connectivity index (χ3v) is 2.10. The summed E-state index contributed by atoms with van der Waals surface area (Å²) in [6, 6.07) is 4.01. The lowest BCUT2D eigenvalue weighted by Crippen LogP contribution is -1.88. The van der Waals surface area contributed by atoms with Crippen LogP contribution in [0.3, 0.4) is 0 Å². The Morgan fingerprint density at radius 1 is 1.57 bits per heavy atom. The van der Waals surface area contributed by atoms with Gasteiger partial charge in [0.15, 0.2) is 5.65 Å². The summed E-state index contributed by atoms with van der Waals surface area (Å²) in [6.07, 6.45) is 7.20. The summed E-state index contributed by atoms with van der Waals surface area (Å²) in [6.45, 7) is 5.71. The maximum atomic E-state index is 4.12. The van der Waals surface area contributed by atoms with E-state index in [1.165, 1.54) is 5.57 Å². The molecule has 2 rings (SSSR count). The van der Waals surface area contributed by atoms with Gasteiger partial charge < -0.3 is 0 Å². The van der Waals surface area contributed by atoms with Gasteiger partial charge in [0, 0.05) is 6.20 Å². The summed E-state index contributed by atoms with van der Waals surface area (Å²) in [4.78, 5) is 4.12. The molecule has 0 atom stereocenters. The average molecular weight is 185 g/mol. The second-order valence-electron chi connectivity index (χ2n) is 3.06. The third-order valence-electron chi connectivity index (χ3n) is 2.10. The Bertz CT molecular complexity index is 494. The number of rotatable bonds is 2. The molecule has 0 radical (unpaired) electrons. The summed E-state index contributed by atoms with van der Waals surface area (Å²) >= 11 is 0. The van der Waals surface area contributed by atoms with Crippen molar-refractivity contribution in [3.05, 3.63) is 49.0 Å². The van der Waals surface area contributed by atoms with Crippen molar-refractivity contribution in [1.82, 2.24) is 14.6 Å². The molecule has 0 bridgehead atoms. The first-order chi connectivity index (χ1) is 6.81. The smallest absolute Gasteiger partial charge is 0.155 e. The summed E-state index contributed by atoms with van der Waals surface area (Å²) in [5.74, 6) is 0. The van der Waals surface area contributed by atoms with E-state index >= 15 is 0 Å². The Labute approximate surface area is 82.4 Å². The third kappa shape index (κ3) is 1.44. The van der Waals surface area contributed by atoms with Crippen LogP contribution in [0.15, 0.2) is 43.4 Å². The van der Waals surface area contributed by atoms with Crippen molar-refractivity contribution in [3.8, 4) is 0 Å². The summed E-state index contributed by atoms with van der Waals surface area (Å²) in [7, 11) is 0. The van der Waals surface area contributed by atoms with Gasteiger partial charge in [-0.15, -0.1) is 0 Å². The van der Waals surface area contributed by atoms with Crippen LogP contribution in [0.25, 0.3) is 11.2 Å². The highest BCUT2D eigenvalue weighted by molar-refractivity contribution is 5.67. The fraction of sp³-hybridized carbons (Fsp3) is 0.0909. The highest BCUT2D eigenvalue weighted by Gasteiger charge is 1.98. The van der Waals surface area contributed by atoms with Crippen LogP contribution in [0.1, 0.15) is 12.5 Å². The molecule has 70 valence electrons. The lowest BCUT2D eigenvalue weighted by Gasteiger charge is -2.00. The minimum Gasteiger partial charge on any atom is -0.221 e. The number of allylic oxidation sites excluding steroid dienone is 3. The Morgan fingerprint density at radius 2 is 2.43 bits per heavy atom. The first-order valence-electron chi connectivity index (χ1n) is 4.40. The van der Waals surface area contributed by atoms with Crippen molar-refractivity contribution >= 4 is 11.2 Å². The molecule has 0 aliphatic carbocycles. The number of fused-ring (bicyclic) bond motifs is 1. The standard InChI is InChI=1S/C11H11N3/c1-3-4-9(2)10-5-6-14-11(7-10)12-8-13-14/h3-8H,1H2,2H3/b9-4+. The summed E-state index contributed by atoms with van der Waals surface area (Å²) in [5, 5.41) is 4.03. The molecular formula is C11H11N3. The van der Waals surface area contributed by atoms with Crippen molar-refractivity contribution in [2.24, 2.45) is 0 Å². The first kappa shape index (κ1) is 8.69. The van der Waals surface area contributed by atoms with Crippen LogP contribution in [-0.2, 0) is 0 Å². The van der Waals surface area contributed by atoms with E-state index in [9.17, 15) is 0 Å². The van der Waals surface area contributed by atoms with Gasteiger partial charge in [-0.2, -0.15) is 5.10 Å². The summed E-state index contributed by atoms with van der Waals surface area (Å²) in [5.41, 5.74) is 3.18. The van der Waals surface area contributed by atoms with Crippen molar-refractivity contribution in [3.63, 3.8) is 0 Å². The number of hydrogen-bond acceptors (Lipinski definition) is 2. The quantitative estimate of drug-likeness (QED) is 0.672. The minimum atomic E-state index is 0.860. The van der Waals surface area contributed by atoms with Crippen LogP contribution >= 0.6 is 0 Å². The van der Waals surface area contributed by atoms with E-state index in [0.717, 1.165) is 11.2 Å². The van der Waals surface area contributed by atoms with Crippen LogP contribution in [-0.4, -0.2) is 14.6 Å². The predicted molar refractivity (Wildman–Crippen MR) is 56.8 cm³/mol. The molecule has 2 aromatic heterocycles. The van der Waals surface area contributed by atoms with E-state index < -0.39 is 0 Å². The molecule has 14 heavy (non-hydrogen) atoms. The van der Waals surface area contributed by atoms with Gasteiger partial charge in [0.2, 0.25) is 0 Å². The van der Waals surface area contributed by atoms with Crippen molar-refractivity contribution in [2.75, 3.05) is 0 Å². The molecule has 0 amide bonds. The number of nitrogens with zero attached hydrogens (tertiary/aromatic N) is 3. The molecule has 0 aromatic carbocycles. The van der Waals surface area contributed by atoms with E-state index in [1.54, 1.807) is 16.9 Å². The van der Waals surface area contributed by atoms with Gasteiger partial charge in [-0.1, -0.05) is 18.7 Å². The SMILES string of the molecule is C=C/C=C(\C)c1ccn2ncnc2c1. The van der Waals surface area contributed by atoms with Crippen LogP contribution in [0.4, 0.5) is 0 Å². The minimum absolute atomic E-state index is 0.860. The highest BCUT2D eigenvalue weighted by atomic mass is 15.3. The molecule has 2 heterocycles. The lowest BCUT2D eigenvalue weighted by atomic mass is 10.1. The average Bonchev–Trinajstić information content (AvgIpc) is 2.64. The van der Waals surface area contributed by atoms with Gasteiger partial charge >= 0.3 is 0 Å². The molecule has 0 unspecified atom stereocenters. The molecule has 0 aliphatic heterocycles. The van der Waals surface area contributed by atoms with E-state index in [2.05, 4.69) is 16.7 Å². The van der Waals surface area contributed by atoms with Gasteiger partial charge in [0.25, 0.3) is 0 Å². The largest absolute Gasteiger partial charge is 0.221 e. The molecule has 0 aliphatic rings. The maximum absolute atomic E-state index is 4.12. The van der Waals surface area contributed by atoms with E-state index in [4.69, 9.17) is 0 Å². The zero-order valence-corrected chi connectivity index (χ0v) is 8.01. The van der Waals surface area contributed by atoms with Crippen LogP contribution < -0.4 is 0 Å². The molecule has 0 N–H and O–H groups in total. The van der Waals surface area contributed by atoms with E-state index in [-0.39, 0.29) is 0 Å². The topological polar surface area (TPSA) is 30.2 Å². The molecule has 0 fully saturated rings. The molecule has 3 heteroatoms. The van der Waals surface area contributed by atoms with Crippen molar-refractivity contribution in [1.29, 1.82) is 0 Å². The Kier molecular flexibility index (Phi) is 2.14. The molecular weight excluding hydrogens is 174 g/mol. The number of hydrogen-bond donors (Lipinski definition) is 0. The maximum Gasteiger partial charge on any atom is 0.155 e. The number of aromatic nitrogens is 3. The van der Waals surface area contributed by atoms with Gasteiger partial charge in [-0.3, -0.25) is 0 Å². The van der Waals surface area contributed by atoms with Crippen molar-refractivity contribution in [2.45, 2.75) is 6.92 Å². The van der Waals surface area contributed by atoms with Crippen molar-refractivity contribution < 1.29 is 0 Å². The number of pyridine rings is 1. The van der Waals surface area contributed by atoms with Gasteiger partial charge in [0.1, 0.15) is 6.33 Å². The molecule has 0 saturated heterocycles. The zero-order chi connectivity index (χ0) is 9.97.